The number of rotatable bonds is 4. The van der Waals surface area contributed by atoms with E-state index in [-0.39, 0.29) is 12.5 Å². The zero-order chi connectivity index (χ0) is 17.8. The van der Waals surface area contributed by atoms with Crippen LogP contribution in [0.25, 0.3) is 11.4 Å². The van der Waals surface area contributed by atoms with Crippen LogP contribution in [0.4, 0.5) is 0 Å². The molecule has 5 heteroatoms. The van der Waals surface area contributed by atoms with Crippen LogP contribution in [0.5, 0.6) is 5.88 Å². The number of benzene rings is 1. The van der Waals surface area contributed by atoms with Crippen molar-refractivity contribution >= 4 is 5.91 Å². The number of carbonyl (C=O) groups is 1. The topological polar surface area (TPSA) is 55.3 Å². The molecule has 25 heavy (non-hydrogen) atoms. The van der Waals surface area contributed by atoms with Gasteiger partial charge in [-0.3, -0.25) is 4.79 Å². The smallest absolute Gasteiger partial charge is 0.260 e. The number of piperidine rings is 1. The average molecular weight is 339 g/mol. The van der Waals surface area contributed by atoms with Gasteiger partial charge in [-0.25, -0.2) is 4.98 Å². The molecule has 1 aromatic carbocycles. The number of amides is 1. The van der Waals surface area contributed by atoms with Crippen molar-refractivity contribution in [3.63, 3.8) is 0 Å². The summed E-state index contributed by atoms with van der Waals surface area (Å²) in [5.74, 6) is 1.65. The van der Waals surface area contributed by atoms with Gasteiger partial charge in [-0.05, 0) is 32.6 Å². The lowest BCUT2D eigenvalue weighted by atomic mass is 10.0. The Morgan fingerprint density at radius 1 is 1.24 bits per heavy atom. The van der Waals surface area contributed by atoms with E-state index in [4.69, 9.17) is 4.74 Å². The first-order valence-electron chi connectivity index (χ1n) is 8.84. The summed E-state index contributed by atoms with van der Waals surface area (Å²) in [5.41, 5.74) is 2.95. The number of ether oxygens (including phenoxy) is 1. The average Bonchev–Trinajstić information content (AvgIpc) is 2.60. The molecule has 1 amide bonds. The first-order valence-corrected chi connectivity index (χ1v) is 8.84. The van der Waals surface area contributed by atoms with Crippen LogP contribution in [-0.4, -0.2) is 40.5 Å². The highest BCUT2D eigenvalue weighted by Crippen LogP contribution is 2.20. The van der Waals surface area contributed by atoms with E-state index in [1.165, 1.54) is 12.0 Å². The third kappa shape index (κ3) is 4.56. The molecule has 0 spiro atoms. The van der Waals surface area contributed by atoms with Crippen molar-refractivity contribution < 1.29 is 9.53 Å². The second-order valence-corrected chi connectivity index (χ2v) is 6.91. The molecule has 0 N–H and O–H groups in total. The molecule has 1 aliphatic rings. The zero-order valence-corrected chi connectivity index (χ0v) is 15.2. The van der Waals surface area contributed by atoms with Gasteiger partial charge in [-0.2, -0.15) is 4.98 Å². The normalized spacial score (nSPS) is 17.4. The van der Waals surface area contributed by atoms with Gasteiger partial charge in [-0.1, -0.05) is 36.8 Å². The van der Waals surface area contributed by atoms with E-state index in [0.717, 1.165) is 30.8 Å². The highest BCUT2D eigenvalue weighted by Gasteiger charge is 2.21. The number of nitrogens with zero attached hydrogens (tertiary/aromatic N) is 3. The molecule has 3 rings (SSSR count). The van der Waals surface area contributed by atoms with E-state index in [9.17, 15) is 4.79 Å². The quantitative estimate of drug-likeness (QED) is 0.857. The summed E-state index contributed by atoms with van der Waals surface area (Å²) in [6, 6.07) is 9.82. The summed E-state index contributed by atoms with van der Waals surface area (Å²) < 4.78 is 5.68. The minimum Gasteiger partial charge on any atom is -0.467 e. The van der Waals surface area contributed by atoms with Crippen LogP contribution < -0.4 is 4.74 Å². The Labute approximate surface area is 149 Å². The first kappa shape index (κ1) is 17.4. The summed E-state index contributed by atoms with van der Waals surface area (Å²) in [6.07, 6.45) is 2.26. The Morgan fingerprint density at radius 3 is 2.72 bits per heavy atom. The Bertz CT molecular complexity index is 743. The van der Waals surface area contributed by atoms with Crippen LogP contribution in [0.1, 0.15) is 31.0 Å². The second-order valence-electron chi connectivity index (χ2n) is 6.91. The molecule has 2 heterocycles. The van der Waals surface area contributed by atoms with Crippen molar-refractivity contribution in [1.29, 1.82) is 0 Å². The zero-order valence-electron chi connectivity index (χ0n) is 15.2. The highest BCUT2D eigenvalue weighted by molar-refractivity contribution is 5.77. The fourth-order valence-electron chi connectivity index (χ4n) is 3.09. The standard InChI is InChI=1S/C20H25N3O2/c1-14-6-8-17(9-7-14)20-21-16(3)11-18(22-20)25-13-19(24)23-10-4-5-15(2)12-23/h6-9,11,15H,4-5,10,12-13H2,1-3H3/t15-/m1/s1. The summed E-state index contributed by atoms with van der Waals surface area (Å²) in [4.78, 5) is 23.2. The van der Waals surface area contributed by atoms with Crippen LogP contribution in [0.3, 0.4) is 0 Å². The van der Waals surface area contributed by atoms with Crippen molar-refractivity contribution in [3.05, 3.63) is 41.6 Å². The van der Waals surface area contributed by atoms with E-state index in [2.05, 4.69) is 16.9 Å². The van der Waals surface area contributed by atoms with Gasteiger partial charge in [0.2, 0.25) is 5.88 Å². The second kappa shape index (κ2) is 7.64. The van der Waals surface area contributed by atoms with Gasteiger partial charge in [0.15, 0.2) is 12.4 Å². The van der Waals surface area contributed by atoms with Crippen LogP contribution >= 0.6 is 0 Å². The van der Waals surface area contributed by atoms with Gasteiger partial charge in [0.25, 0.3) is 5.91 Å². The van der Waals surface area contributed by atoms with E-state index < -0.39 is 0 Å². The van der Waals surface area contributed by atoms with Gasteiger partial charge >= 0.3 is 0 Å². The molecule has 0 saturated carbocycles. The monoisotopic (exact) mass is 339 g/mol. The molecule has 132 valence electrons. The van der Waals surface area contributed by atoms with Crippen LogP contribution in [0, 0.1) is 19.8 Å². The Hall–Kier alpha value is -2.43. The largest absolute Gasteiger partial charge is 0.467 e. The fourth-order valence-corrected chi connectivity index (χ4v) is 3.09. The van der Waals surface area contributed by atoms with Gasteiger partial charge in [0.05, 0.1) is 0 Å². The molecular formula is C20H25N3O2. The lowest BCUT2D eigenvalue weighted by Gasteiger charge is -2.30. The predicted molar refractivity (Wildman–Crippen MR) is 97.4 cm³/mol. The van der Waals surface area contributed by atoms with Crippen molar-refractivity contribution in [1.82, 2.24) is 14.9 Å². The Balaban J connectivity index is 1.68. The Kier molecular flexibility index (Phi) is 5.31. The molecule has 0 unspecified atom stereocenters. The SMILES string of the molecule is Cc1ccc(-c2nc(C)cc(OCC(=O)N3CCC[C@@H](C)C3)n2)cc1. The van der Waals surface area contributed by atoms with Gasteiger partial charge < -0.3 is 9.64 Å². The summed E-state index contributed by atoms with van der Waals surface area (Å²) >= 11 is 0. The molecule has 5 nitrogen and oxygen atoms in total. The fraction of sp³-hybridized carbons (Fsp3) is 0.450. The minimum absolute atomic E-state index is 0.0243. The highest BCUT2D eigenvalue weighted by atomic mass is 16.5. The van der Waals surface area contributed by atoms with Gasteiger partial charge in [0.1, 0.15) is 0 Å². The molecule has 1 saturated heterocycles. The lowest BCUT2D eigenvalue weighted by molar-refractivity contribution is -0.135. The first-order chi connectivity index (χ1) is 12.0. The maximum atomic E-state index is 12.4. The molecule has 0 bridgehead atoms. The molecule has 2 aromatic rings. The summed E-state index contributed by atoms with van der Waals surface area (Å²) in [5, 5.41) is 0. The molecule has 0 radical (unpaired) electrons. The number of hydrogen-bond acceptors (Lipinski definition) is 4. The third-order valence-corrected chi connectivity index (χ3v) is 4.49. The van der Waals surface area contributed by atoms with Crippen molar-refractivity contribution in [2.45, 2.75) is 33.6 Å². The number of aryl methyl sites for hydroxylation is 2. The van der Waals surface area contributed by atoms with Gasteiger partial charge in [-0.15, -0.1) is 0 Å². The van der Waals surface area contributed by atoms with Crippen molar-refractivity contribution in [2.24, 2.45) is 5.92 Å². The number of aromatic nitrogens is 2. The van der Waals surface area contributed by atoms with E-state index in [0.29, 0.717) is 17.6 Å². The van der Waals surface area contributed by atoms with Crippen LogP contribution in [0.15, 0.2) is 30.3 Å². The number of likely N-dealkylation sites (tertiary alicyclic amines) is 1. The lowest BCUT2D eigenvalue weighted by Crippen LogP contribution is -2.41. The van der Waals surface area contributed by atoms with Crippen molar-refractivity contribution in [2.75, 3.05) is 19.7 Å². The maximum Gasteiger partial charge on any atom is 0.260 e. The van der Waals surface area contributed by atoms with Gasteiger partial charge in [0, 0.05) is 30.4 Å². The third-order valence-electron chi connectivity index (χ3n) is 4.49. The number of hydrogen-bond donors (Lipinski definition) is 0. The number of carbonyl (C=O) groups excluding carboxylic acids is 1. The Morgan fingerprint density at radius 2 is 2.00 bits per heavy atom. The van der Waals surface area contributed by atoms with E-state index in [1.807, 2.05) is 43.0 Å². The molecule has 1 aromatic heterocycles. The summed E-state index contributed by atoms with van der Waals surface area (Å²) in [6.45, 7) is 7.80. The van der Waals surface area contributed by atoms with E-state index >= 15 is 0 Å². The van der Waals surface area contributed by atoms with Crippen LogP contribution in [0.2, 0.25) is 0 Å². The molecule has 1 aliphatic heterocycles. The molecule has 1 fully saturated rings. The van der Waals surface area contributed by atoms with E-state index in [1.54, 1.807) is 6.07 Å². The van der Waals surface area contributed by atoms with Crippen molar-refractivity contribution in [3.8, 4) is 17.3 Å². The van der Waals surface area contributed by atoms with Crippen LogP contribution in [-0.2, 0) is 4.79 Å². The molecular weight excluding hydrogens is 314 g/mol. The molecule has 1 atom stereocenters. The molecule has 0 aliphatic carbocycles. The maximum absolute atomic E-state index is 12.4. The summed E-state index contributed by atoms with van der Waals surface area (Å²) in [7, 11) is 0. The predicted octanol–water partition coefficient (Wildman–Crippen LogP) is 3.40. The minimum atomic E-state index is 0.0243.